The van der Waals surface area contributed by atoms with Crippen molar-refractivity contribution >= 4 is 21.9 Å². The molecule has 0 unspecified atom stereocenters. The molecular weight excluding hydrogens is 193 g/mol. The first-order valence-electron chi connectivity index (χ1n) is 2.36. The molecule has 0 bridgehead atoms. The summed E-state index contributed by atoms with van der Waals surface area (Å²) in [5.41, 5.74) is 0.194. The molecule has 0 aliphatic carbocycles. The van der Waals surface area contributed by atoms with Gasteiger partial charge in [0.2, 0.25) is 0 Å². The molecule has 0 radical (unpaired) electrons. The van der Waals surface area contributed by atoms with Gasteiger partial charge in [-0.25, -0.2) is 0 Å². The van der Waals surface area contributed by atoms with Crippen LogP contribution in [-0.2, 0) is 0 Å². The van der Waals surface area contributed by atoms with Crippen molar-refractivity contribution in [1.29, 1.82) is 0 Å². The van der Waals surface area contributed by atoms with E-state index in [1.807, 2.05) is 0 Å². The van der Waals surface area contributed by atoms with E-state index in [1.165, 1.54) is 0 Å². The van der Waals surface area contributed by atoms with Gasteiger partial charge in [-0.15, -0.1) is 15.3 Å². The second-order valence-corrected chi connectivity index (χ2v) is 2.25. The molecule has 0 aliphatic heterocycles. The maximum absolute atomic E-state index is 10.7. The fourth-order valence-corrected chi connectivity index (χ4v) is 1.02. The summed E-state index contributed by atoms with van der Waals surface area (Å²) < 4.78 is 3.51. The Labute approximate surface area is 108 Å². The molecule has 8 heteroatoms. The first-order chi connectivity index (χ1) is 4.88. The quantitative estimate of drug-likeness (QED) is 0.396. The van der Waals surface area contributed by atoms with Crippen molar-refractivity contribution < 1.29 is 56.5 Å². The van der Waals surface area contributed by atoms with Crippen molar-refractivity contribution in [3.8, 4) is 5.88 Å². The van der Waals surface area contributed by atoms with E-state index in [0.717, 1.165) is 11.5 Å². The molecule has 0 saturated heterocycles. The molecule has 0 saturated carbocycles. The van der Waals surface area contributed by atoms with Crippen LogP contribution in [0.2, 0.25) is 0 Å². The normalized spacial score (nSPS) is 9.45. The minimum atomic E-state index is -0.473. The van der Waals surface area contributed by atoms with Crippen molar-refractivity contribution in [3.63, 3.8) is 0 Å². The Morgan fingerprint density at radius 3 is 2.73 bits per heavy atom. The third-order valence-corrected chi connectivity index (χ3v) is 1.56. The zero-order chi connectivity index (χ0) is 6.97. The monoisotopic (exact) mass is 193 g/mol. The fourth-order valence-electron chi connectivity index (χ4n) is 0.537. The van der Waals surface area contributed by atoms with Gasteiger partial charge in [-0.1, -0.05) is 4.49 Å². The Kier molecular flexibility index (Phi) is 3.22. The molecule has 2 aromatic heterocycles. The molecule has 2 aromatic rings. The van der Waals surface area contributed by atoms with Crippen LogP contribution < -0.4 is 56.5 Å². The summed E-state index contributed by atoms with van der Waals surface area (Å²) in [5, 5.41) is 24.1. The summed E-state index contributed by atoms with van der Waals surface area (Å²) in [6, 6.07) is 0. The topological polar surface area (TPSA) is 87.5 Å². The summed E-state index contributed by atoms with van der Waals surface area (Å²) >= 11 is 1.03. The van der Waals surface area contributed by atoms with E-state index < -0.39 is 5.88 Å². The van der Waals surface area contributed by atoms with Crippen LogP contribution in [0, 0.1) is 0 Å². The zero-order valence-corrected chi connectivity index (χ0v) is 9.49. The van der Waals surface area contributed by atoms with E-state index in [1.54, 1.807) is 0 Å². The number of rotatable bonds is 0. The average molecular weight is 193 g/mol. The van der Waals surface area contributed by atoms with Crippen LogP contribution in [0.25, 0.3) is 10.3 Å². The van der Waals surface area contributed by atoms with Gasteiger partial charge in [-0.05, 0) is 5.21 Å². The van der Waals surface area contributed by atoms with Gasteiger partial charge in [-0.3, -0.25) is 0 Å². The SMILES string of the molecule is [K+].[O-]c1nnnc2snnc12. The maximum atomic E-state index is 10.7. The van der Waals surface area contributed by atoms with E-state index >= 15 is 0 Å². The Morgan fingerprint density at radius 1 is 1.18 bits per heavy atom. The summed E-state index contributed by atoms with van der Waals surface area (Å²) in [6.45, 7) is 0. The minimum absolute atomic E-state index is 0. The van der Waals surface area contributed by atoms with Gasteiger partial charge in [-0.2, -0.15) is 0 Å². The second kappa shape index (κ2) is 3.78. The Bertz CT molecular complexity index is 363. The van der Waals surface area contributed by atoms with Gasteiger partial charge in [0.05, 0.1) is 0 Å². The predicted molar refractivity (Wildman–Crippen MR) is 30.2 cm³/mol. The average Bonchev–Trinajstić information content (AvgIpc) is 2.36. The maximum Gasteiger partial charge on any atom is 1.00 e. The largest absolute Gasteiger partial charge is 1.00 e. The number of hydrogen-bond donors (Lipinski definition) is 0. The van der Waals surface area contributed by atoms with Crippen molar-refractivity contribution in [2.45, 2.75) is 0 Å². The molecule has 11 heavy (non-hydrogen) atoms. The Balaban J connectivity index is 0.000000605. The van der Waals surface area contributed by atoms with Gasteiger partial charge in [0, 0.05) is 17.4 Å². The van der Waals surface area contributed by atoms with Crippen LogP contribution in [0.3, 0.4) is 0 Å². The second-order valence-electron chi connectivity index (χ2n) is 1.52. The summed E-state index contributed by atoms with van der Waals surface area (Å²) in [6.07, 6.45) is 0. The fraction of sp³-hybridized carbons (Fsp3) is 0. The number of hydrogen-bond acceptors (Lipinski definition) is 7. The van der Waals surface area contributed by atoms with Crippen molar-refractivity contribution in [1.82, 2.24) is 25.0 Å². The van der Waals surface area contributed by atoms with Gasteiger partial charge in [0.25, 0.3) is 0 Å². The minimum Gasteiger partial charge on any atom is -0.856 e. The van der Waals surface area contributed by atoms with E-state index in [4.69, 9.17) is 0 Å². The Morgan fingerprint density at radius 2 is 2.00 bits per heavy atom. The van der Waals surface area contributed by atoms with E-state index in [-0.39, 0.29) is 56.9 Å². The van der Waals surface area contributed by atoms with Crippen LogP contribution in [0.15, 0.2) is 0 Å². The molecule has 2 rings (SSSR count). The van der Waals surface area contributed by atoms with Crippen LogP contribution in [0.5, 0.6) is 5.88 Å². The predicted octanol–water partition coefficient (Wildman–Crippen LogP) is -4.05. The number of aromatic nitrogens is 5. The molecule has 50 valence electrons. The summed E-state index contributed by atoms with van der Waals surface area (Å²) in [5.74, 6) is -0.473. The zero-order valence-electron chi connectivity index (χ0n) is 5.55. The van der Waals surface area contributed by atoms with Gasteiger partial charge >= 0.3 is 51.4 Å². The molecule has 0 aromatic carbocycles. The van der Waals surface area contributed by atoms with Crippen molar-refractivity contribution in [3.05, 3.63) is 0 Å². The number of nitrogens with zero attached hydrogens (tertiary/aromatic N) is 5. The third-order valence-electron chi connectivity index (χ3n) is 0.944. The molecule has 0 spiro atoms. The third kappa shape index (κ3) is 1.71. The van der Waals surface area contributed by atoms with E-state index in [2.05, 4.69) is 25.0 Å². The van der Waals surface area contributed by atoms with Crippen LogP contribution in [-0.4, -0.2) is 25.0 Å². The van der Waals surface area contributed by atoms with Gasteiger partial charge in [0.15, 0.2) is 4.83 Å². The van der Waals surface area contributed by atoms with Gasteiger partial charge < -0.3 is 5.11 Å². The van der Waals surface area contributed by atoms with E-state index in [0.29, 0.717) is 4.83 Å². The molecular formula is C3KN5OS. The summed E-state index contributed by atoms with van der Waals surface area (Å²) in [7, 11) is 0. The van der Waals surface area contributed by atoms with E-state index in [9.17, 15) is 5.11 Å². The first kappa shape index (κ1) is 9.36. The number of fused-ring (bicyclic) bond motifs is 1. The standard InChI is InChI=1S/C3HN5OS.K/c9-2-1-3(6-7-5-2)10-8-4-1;/h(H,5,6,9);/q;+1/p-1. The smallest absolute Gasteiger partial charge is 0.856 e. The van der Waals surface area contributed by atoms with Crippen LogP contribution in [0.1, 0.15) is 0 Å². The molecule has 6 nitrogen and oxygen atoms in total. The molecule has 0 fully saturated rings. The summed E-state index contributed by atoms with van der Waals surface area (Å²) in [4.78, 5) is 0.431. The van der Waals surface area contributed by atoms with Crippen molar-refractivity contribution in [2.24, 2.45) is 0 Å². The Hall–Kier alpha value is 0.266. The molecule has 0 N–H and O–H groups in total. The van der Waals surface area contributed by atoms with Gasteiger partial charge in [0.1, 0.15) is 5.52 Å². The molecule has 0 amide bonds. The molecule has 0 aliphatic rings. The van der Waals surface area contributed by atoms with Crippen LogP contribution >= 0.6 is 11.5 Å². The van der Waals surface area contributed by atoms with Crippen molar-refractivity contribution in [2.75, 3.05) is 0 Å². The molecule has 0 atom stereocenters. The molecule has 2 heterocycles. The van der Waals surface area contributed by atoms with Crippen LogP contribution in [0.4, 0.5) is 0 Å². The first-order valence-corrected chi connectivity index (χ1v) is 3.14.